The van der Waals surface area contributed by atoms with E-state index in [0.29, 0.717) is 10.8 Å². The number of thiazole rings is 1. The van der Waals surface area contributed by atoms with Crippen LogP contribution in [0.3, 0.4) is 0 Å². The molecule has 3 N–H and O–H groups in total. The molecule has 0 spiro atoms. The minimum atomic E-state index is -0.210. The number of hydrogen-bond donors (Lipinski definition) is 2. The predicted octanol–water partition coefficient (Wildman–Crippen LogP) is 2.98. The summed E-state index contributed by atoms with van der Waals surface area (Å²) in [6, 6.07) is 7.74. The Labute approximate surface area is 117 Å². The van der Waals surface area contributed by atoms with Gasteiger partial charge < -0.3 is 11.1 Å². The van der Waals surface area contributed by atoms with E-state index in [2.05, 4.69) is 26.2 Å². The normalized spacial score (nSPS) is 12.1. The number of carbonyl (C=O) groups excluding carboxylic acids is 1. The predicted molar refractivity (Wildman–Crippen MR) is 76.5 cm³/mol. The van der Waals surface area contributed by atoms with Crippen LogP contribution in [0.1, 0.15) is 29.0 Å². The lowest BCUT2D eigenvalue weighted by Gasteiger charge is -2.13. The van der Waals surface area contributed by atoms with E-state index >= 15 is 0 Å². The fraction of sp³-hybridized carbons (Fsp3) is 0.167. The van der Waals surface area contributed by atoms with Gasteiger partial charge in [-0.2, -0.15) is 0 Å². The lowest BCUT2D eigenvalue weighted by atomic mass is 10.1. The molecule has 1 atom stereocenters. The van der Waals surface area contributed by atoms with Crippen LogP contribution in [0.5, 0.6) is 0 Å². The number of nitrogen functional groups attached to an aromatic ring is 1. The average Bonchev–Trinajstić information content (AvgIpc) is 2.76. The number of hydrogen-bond acceptors (Lipinski definition) is 4. The van der Waals surface area contributed by atoms with Crippen molar-refractivity contribution in [2.45, 2.75) is 13.0 Å². The van der Waals surface area contributed by atoms with E-state index in [4.69, 9.17) is 5.73 Å². The first kappa shape index (κ1) is 13.0. The zero-order chi connectivity index (χ0) is 13.1. The van der Waals surface area contributed by atoms with Gasteiger partial charge in [0.1, 0.15) is 5.69 Å². The molecule has 0 fully saturated rings. The summed E-state index contributed by atoms with van der Waals surface area (Å²) >= 11 is 4.63. The third-order valence-corrected chi connectivity index (χ3v) is 3.67. The molecule has 0 saturated carbocycles. The molecule has 18 heavy (non-hydrogen) atoms. The van der Waals surface area contributed by atoms with E-state index in [-0.39, 0.29) is 11.9 Å². The minimum Gasteiger partial charge on any atom is -0.375 e. The maximum absolute atomic E-state index is 11.9. The third kappa shape index (κ3) is 3.08. The maximum Gasteiger partial charge on any atom is 0.271 e. The lowest BCUT2D eigenvalue weighted by molar-refractivity contribution is 0.0935. The van der Waals surface area contributed by atoms with Gasteiger partial charge in [-0.3, -0.25) is 4.79 Å². The summed E-state index contributed by atoms with van der Waals surface area (Å²) in [7, 11) is 0. The number of nitrogens with one attached hydrogen (secondary N) is 1. The van der Waals surface area contributed by atoms with E-state index in [1.54, 1.807) is 5.38 Å². The van der Waals surface area contributed by atoms with Crippen LogP contribution in [0.2, 0.25) is 0 Å². The van der Waals surface area contributed by atoms with Crippen LogP contribution in [0.25, 0.3) is 0 Å². The number of nitrogens with two attached hydrogens (primary N) is 1. The van der Waals surface area contributed by atoms with Crippen LogP contribution in [-0.2, 0) is 0 Å². The number of rotatable bonds is 3. The topological polar surface area (TPSA) is 68.0 Å². The second-order valence-corrected chi connectivity index (χ2v) is 5.62. The zero-order valence-electron chi connectivity index (χ0n) is 9.68. The highest BCUT2D eigenvalue weighted by Gasteiger charge is 2.13. The van der Waals surface area contributed by atoms with Gasteiger partial charge in [0.05, 0.1) is 6.04 Å². The Kier molecular flexibility index (Phi) is 3.98. The van der Waals surface area contributed by atoms with Gasteiger partial charge in [-0.05, 0) is 24.6 Å². The van der Waals surface area contributed by atoms with Gasteiger partial charge in [-0.15, -0.1) is 11.3 Å². The Morgan fingerprint density at radius 2 is 2.11 bits per heavy atom. The molecule has 1 aromatic heterocycles. The molecule has 0 radical (unpaired) electrons. The number of aromatic nitrogens is 1. The maximum atomic E-state index is 11.9. The van der Waals surface area contributed by atoms with Crippen molar-refractivity contribution in [3.05, 3.63) is 45.4 Å². The first-order valence-corrected chi connectivity index (χ1v) is 7.01. The van der Waals surface area contributed by atoms with Crippen LogP contribution in [-0.4, -0.2) is 10.9 Å². The number of benzene rings is 1. The Bertz CT molecular complexity index is 553. The Balaban J connectivity index is 2.05. The summed E-state index contributed by atoms with van der Waals surface area (Å²) < 4.78 is 1.01. The summed E-state index contributed by atoms with van der Waals surface area (Å²) in [5, 5.41) is 4.93. The summed E-state index contributed by atoms with van der Waals surface area (Å²) in [6.07, 6.45) is 0. The molecule has 0 aliphatic carbocycles. The summed E-state index contributed by atoms with van der Waals surface area (Å²) in [6.45, 7) is 1.93. The van der Waals surface area contributed by atoms with Gasteiger partial charge in [-0.1, -0.05) is 28.1 Å². The highest BCUT2D eigenvalue weighted by Crippen LogP contribution is 2.17. The van der Waals surface area contributed by atoms with Gasteiger partial charge >= 0.3 is 0 Å². The molecule has 6 heteroatoms. The minimum absolute atomic E-state index is 0.0754. The molecular weight excluding hydrogens is 314 g/mol. The van der Waals surface area contributed by atoms with E-state index < -0.39 is 0 Å². The third-order valence-electron chi connectivity index (χ3n) is 2.47. The van der Waals surface area contributed by atoms with Crippen LogP contribution in [0, 0.1) is 0 Å². The van der Waals surface area contributed by atoms with Crippen molar-refractivity contribution in [2.24, 2.45) is 0 Å². The van der Waals surface area contributed by atoms with Crippen molar-refractivity contribution in [3.63, 3.8) is 0 Å². The number of anilines is 1. The Morgan fingerprint density at radius 3 is 2.67 bits per heavy atom. The molecule has 1 heterocycles. The number of carbonyl (C=O) groups is 1. The Morgan fingerprint density at radius 1 is 1.44 bits per heavy atom. The largest absolute Gasteiger partial charge is 0.375 e. The molecule has 94 valence electrons. The lowest BCUT2D eigenvalue weighted by Crippen LogP contribution is -2.26. The summed E-state index contributed by atoms with van der Waals surface area (Å²) in [5.74, 6) is -0.210. The quantitative estimate of drug-likeness (QED) is 0.911. The van der Waals surface area contributed by atoms with E-state index in [1.165, 1.54) is 11.3 Å². The van der Waals surface area contributed by atoms with Crippen molar-refractivity contribution in [3.8, 4) is 0 Å². The standard InChI is InChI=1S/C12H12BrN3OS/c1-7(8-2-4-9(13)5-3-8)15-11(17)10-6-18-12(14)16-10/h2-7H,1H3,(H2,14,16)(H,15,17). The second-order valence-electron chi connectivity index (χ2n) is 3.82. The molecule has 2 aromatic rings. The van der Waals surface area contributed by atoms with Gasteiger partial charge in [0.15, 0.2) is 5.13 Å². The van der Waals surface area contributed by atoms with Gasteiger partial charge in [0.2, 0.25) is 0 Å². The van der Waals surface area contributed by atoms with E-state index in [9.17, 15) is 4.79 Å². The van der Waals surface area contributed by atoms with Crippen molar-refractivity contribution in [1.29, 1.82) is 0 Å². The first-order chi connectivity index (χ1) is 8.56. The Hall–Kier alpha value is -1.40. The average molecular weight is 326 g/mol. The zero-order valence-corrected chi connectivity index (χ0v) is 12.1. The number of nitrogens with zero attached hydrogens (tertiary/aromatic N) is 1. The van der Waals surface area contributed by atoms with Gasteiger partial charge in [-0.25, -0.2) is 4.98 Å². The monoisotopic (exact) mass is 325 g/mol. The van der Waals surface area contributed by atoms with Crippen molar-refractivity contribution in [2.75, 3.05) is 5.73 Å². The fourth-order valence-corrected chi connectivity index (χ4v) is 2.30. The van der Waals surface area contributed by atoms with Gasteiger partial charge in [0, 0.05) is 9.85 Å². The van der Waals surface area contributed by atoms with Crippen LogP contribution in [0.4, 0.5) is 5.13 Å². The van der Waals surface area contributed by atoms with Crippen LogP contribution >= 0.6 is 27.3 Å². The van der Waals surface area contributed by atoms with Crippen LogP contribution < -0.4 is 11.1 Å². The fourth-order valence-electron chi connectivity index (χ4n) is 1.50. The molecule has 0 aliphatic heterocycles. The molecule has 2 rings (SSSR count). The SMILES string of the molecule is CC(NC(=O)c1csc(N)n1)c1ccc(Br)cc1. The molecular formula is C12H12BrN3OS. The highest BCUT2D eigenvalue weighted by molar-refractivity contribution is 9.10. The van der Waals surface area contributed by atoms with E-state index in [1.807, 2.05) is 31.2 Å². The molecule has 0 aliphatic rings. The number of halogens is 1. The summed E-state index contributed by atoms with van der Waals surface area (Å²) in [4.78, 5) is 15.8. The molecule has 1 amide bonds. The molecule has 1 aromatic carbocycles. The van der Waals surface area contributed by atoms with Crippen molar-refractivity contribution >= 4 is 38.3 Å². The second kappa shape index (κ2) is 5.49. The molecule has 0 bridgehead atoms. The van der Waals surface area contributed by atoms with Gasteiger partial charge in [0.25, 0.3) is 5.91 Å². The summed E-state index contributed by atoms with van der Waals surface area (Å²) in [5.41, 5.74) is 6.90. The number of amides is 1. The van der Waals surface area contributed by atoms with E-state index in [0.717, 1.165) is 10.0 Å². The molecule has 4 nitrogen and oxygen atoms in total. The highest BCUT2D eigenvalue weighted by atomic mass is 79.9. The van der Waals surface area contributed by atoms with Crippen LogP contribution in [0.15, 0.2) is 34.1 Å². The molecule has 1 unspecified atom stereocenters. The smallest absolute Gasteiger partial charge is 0.271 e. The first-order valence-electron chi connectivity index (χ1n) is 5.33. The van der Waals surface area contributed by atoms with Crippen molar-refractivity contribution in [1.82, 2.24) is 10.3 Å². The molecule has 0 saturated heterocycles. The van der Waals surface area contributed by atoms with Crippen molar-refractivity contribution < 1.29 is 4.79 Å².